The van der Waals surface area contributed by atoms with Gasteiger partial charge < -0.3 is 15.5 Å². The summed E-state index contributed by atoms with van der Waals surface area (Å²) in [7, 11) is 0. The number of hydrogen-bond acceptors (Lipinski definition) is 3. The van der Waals surface area contributed by atoms with Crippen molar-refractivity contribution in [1.29, 1.82) is 0 Å². The van der Waals surface area contributed by atoms with E-state index in [-0.39, 0.29) is 5.91 Å². The number of carbonyl (C=O) groups is 1. The van der Waals surface area contributed by atoms with E-state index in [4.69, 9.17) is 5.73 Å². The van der Waals surface area contributed by atoms with Crippen LogP contribution in [-0.4, -0.2) is 43.5 Å². The molecule has 2 aromatic rings. The molecule has 4 heteroatoms. The topological polar surface area (TPSA) is 49.6 Å². The summed E-state index contributed by atoms with van der Waals surface area (Å²) in [6.07, 6.45) is 1.88. The average molecular weight is 323 g/mol. The van der Waals surface area contributed by atoms with Crippen LogP contribution in [0.25, 0.3) is 0 Å². The summed E-state index contributed by atoms with van der Waals surface area (Å²) in [5.74, 6) is 0.160. The van der Waals surface area contributed by atoms with Crippen molar-refractivity contribution in [2.45, 2.75) is 12.8 Å². The third-order valence-corrected chi connectivity index (χ3v) is 4.57. The fourth-order valence-electron chi connectivity index (χ4n) is 3.26. The van der Waals surface area contributed by atoms with Gasteiger partial charge in [-0.2, -0.15) is 0 Å². The number of amides is 1. The van der Waals surface area contributed by atoms with E-state index >= 15 is 0 Å². The second-order valence-electron chi connectivity index (χ2n) is 6.21. The van der Waals surface area contributed by atoms with Crippen molar-refractivity contribution in [3.63, 3.8) is 0 Å². The normalized spacial score (nSPS) is 13.0. The van der Waals surface area contributed by atoms with Gasteiger partial charge in [-0.1, -0.05) is 48.5 Å². The fraction of sp³-hybridized carbons (Fsp3) is 0.350. The predicted octanol–water partition coefficient (Wildman–Crippen LogP) is 2.08. The molecule has 1 amide bonds. The summed E-state index contributed by atoms with van der Waals surface area (Å²) in [6.45, 7) is 3.18. The van der Waals surface area contributed by atoms with Crippen LogP contribution in [0.15, 0.2) is 54.6 Å². The van der Waals surface area contributed by atoms with E-state index < -0.39 is 0 Å². The average Bonchev–Trinajstić information content (AvgIpc) is 3.02. The number of hydrogen-bond donors (Lipinski definition) is 1. The fourth-order valence-corrected chi connectivity index (χ4v) is 3.26. The van der Waals surface area contributed by atoms with Gasteiger partial charge in [-0.15, -0.1) is 0 Å². The third kappa shape index (κ3) is 3.95. The van der Waals surface area contributed by atoms with Crippen molar-refractivity contribution in [1.82, 2.24) is 4.90 Å². The van der Waals surface area contributed by atoms with Crippen LogP contribution >= 0.6 is 0 Å². The number of nitrogens with zero attached hydrogens (tertiary/aromatic N) is 2. The number of benzene rings is 2. The molecule has 1 aliphatic rings. The zero-order valence-electron chi connectivity index (χ0n) is 14.0. The molecule has 0 bridgehead atoms. The molecule has 0 saturated carbocycles. The van der Waals surface area contributed by atoms with E-state index in [0.717, 1.165) is 25.9 Å². The molecule has 0 spiro atoms. The van der Waals surface area contributed by atoms with Crippen molar-refractivity contribution in [3.8, 4) is 0 Å². The maximum absolute atomic E-state index is 12.7. The summed E-state index contributed by atoms with van der Waals surface area (Å²) in [5.41, 5.74) is 9.49. The summed E-state index contributed by atoms with van der Waals surface area (Å²) in [5, 5.41) is 0. The van der Waals surface area contributed by atoms with Gasteiger partial charge in [0.1, 0.15) is 0 Å². The van der Waals surface area contributed by atoms with Crippen LogP contribution in [-0.2, 0) is 17.6 Å². The van der Waals surface area contributed by atoms with Crippen molar-refractivity contribution in [2.24, 2.45) is 5.73 Å². The molecular formula is C20H25N3O. The number of nitrogens with two attached hydrogens (primary N) is 1. The van der Waals surface area contributed by atoms with E-state index in [0.29, 0.717) is 19.6 Å². The van der Waals surface area contributed by atoms with E-state index in [1.54, 1.807) is 0 Å². The van der Waals surface area contributed by atoms with E-state index in [1.165, 1.54) is 16.8 Å². The van der Waals surface area contributed by atoms with Crippen LogP contribution in [0.3, 0.4) is 0 Å². The van der Waals surface area contributed by atoms with Crippen LogP contribution in [0, 0.1) is 0 Å². The molecule has 0 aromatic heterocycles. The molecule has 0 radical (unpaired) electrons. The molecule has 2 aromatic carbocycles. The van der Waals surface area contributed by atoms with Gasteiger partial charge >= 0.3 is 0 Å². The van der Waals surface area contributed by atoms with E-state index in [2.05, 4.69) is 35.2 Å². The highest BCUT2D eigenvalue weighted by Gasteiger charge is 2.22. The van der Waals surface area contributed by atoms with Crippen LogP contribution in [0.1, 0.15) is 11.1 Å². The lowest BCUT2D eigenvalue weighted by molar-refractivity contribution is -0.129. The first-order chi connectivity index (χ1) is 11.8. The molecule has 1 aliphatic heterocycles. The first-order valence-corrected chi connectivity index (χ1v) is 8.62. The van der Waals surface area contributed by atoms with Crippen LogP contribution in [0.4, 0.5) is 5.69 Å². The molecule has 0 unspecified atom stereocenters. The van der Waals surface area contributed by atoms with Gasteiger partial charge in [0, 0.05) is 31.9 Å². The lowest BCUT2D eigenvalue weighted by atomic mass is 10.1. The summed E-state index contributed by atoms with van der Waals surface area (Å²) >= 11 is 0. The maximum atomic E-state index is 12.7. The summed E-state index contributed by atoms with van der Waals surface area (Å²) in [6, 6.07) is 18.6. The predicted molar refractivity (Wildman–Crippen MR) is 98.1 cm³/mol. The number of anilines is 1. The Morgan fingerprint density at radius 1 is 1.04 bits per heavy atom. The number of carbonyl (C=O) groups excluding carboxylic acids is 1. The molecule has 24 heavy (non-hydrogen) atoms. The van der Waals surface area contributed by atoms with Gasteiger partial charge in [-0.3, -0.25) is 4.79 Å². The Bertz CT molecular complexity index is 672. The third-order valence-electron chi connectivity index (χ3n) is 4.57. The summed E-state index contributed by atoms with van der Waals surface area (Å²) < 4.78 is 0. The lowest BCUT2D eigenvalue weighted by Gasteiger charge is -2.26. The number of rotatable bonds is 7. The van der Waals surface area contributed by atoms with Gasteiger partial charge in [0.25, 0.3) is 0 Å². The van der Waals surface area contributed by atoms with Crippen molar-refractivity contribution < 1.29 is 4.79 Å². The molecular weight excluding hydrogens is 298 g/mol. The Morgan fingerprint density at radius 3 is 2.58 bits per heavy atom. The zero-order chi connectivity index (χ0) is 16.8. The Labute approximate surface area is 143 Å². The Morgan fingerprint density at radius 2 is 1.79 bits per heavy atom. The second-order valence-corrected chi connectivity index (χ2v) is 6.21. The molecule has 2 N–H and O–H groups in total. The van der Waals surface area contributed by atoms with Gasteiger partial charge in [0.2, 0.25) is 5.91 Å². The van der Waals surface area contributed by atoms with Crippen LogP contribution < -0.4 is 10.6 Å². The SMILES string of the molecule is NCCN(CCc1ccccc1)C(=O)CN1CCc2ccccc21. The first-order valence-electron chi connectivity index (χ1n) is 8.62. The molecule has 126 valence electrons. The minimum absolute atomic E-state index is 0.160. The highest BCUT2D eigenvalue weighted by Crippen LogP contribution is 2.27. The highest BCUT2D eigenvalue weighted by atomic mass is 16.2. The van der Waals surface area contributed by atoms with Crippen LogP contribution in [0.2, 0.25) is 0 Å². The number of para-hydroxylation sites is 1. The molecule has 0 fully saturated rings. The largest absolute Gasteiger partial charge is 0.362 e. The maximum Gasteiger partial charge on any atom is 0.242 e. The molecule has 4 nitrogen and oxygen atoms in total. The first kappa shape index (κ1) is 16.5. The van der Waals surface area contributed by atoms with Crippen molar-refractivity contribution in [2.75, 3.05) is 37.6 Å². The van der Waals surface area contributed by atoms with Gasteiger partial charge in [0.05, 0.1) is 6.54 Å². The van der Waals surface area contributed by atoms with Crippen molar-refractivity contribution >= 4 is 11.6 Å². The molecule has 0 atom stereocenters. The molecule has 3 rings (SSSR count). The van der Waals surface area contributed by atoms with E-state index in [1.807, 2.05) is 29.2 Å². The minimum atomic E-state index is 0.160. The standard InChI is InChI=1S/C20H25N3O/c21-12-15-22(13-10-17-6-2-1-3-7-17)20(24)16-23-14-11-18-8-4-5-9-19(18)23/h1-9H,10-16,21H2. The number of fused-ring (bicyclic) bond motifs is 1. The lowest BCUT2D eigenvalue weighted by Crippen LogP contribution is -2.43. The Kier molecular flexibility index (Phi) is 5.49. The smallest absolute Gasteiger partial charge is 0.242 e. The van der Waals surface area contributed by atoms with Crippen molar-refractivity contribution in [3.05, 3.63) is 65.7 Å². The van der Waals surface area contributed by atoms with Gasteiger partial charge in [0.15, 0.2) is 0 Å². The highest BCUT2D eigenvalue weighted by molar-refractivity contribution is 5.82. The minimum Gasteiger partial charge on any atom is -0.362 e. The molecule has 0 saturated heterocycles. The van der Waals surface area contributed by atoms with Gasteiger partial charge in [-0.05, 0) is 30.0 Å². The Hall–Kier alpha value is -2.33. The van der Waals surface area contributed by atoms with E-state index in [9.17, 15) is 4.79 Å². The monoisotopic (exact) mass is 323 g/mol. The summed E-state index contributed by atoms with van der Waals surface area (Å²) in [4.78, 5) is 16.8. The zero-order valence-corrected chi connectivity index (χ0v) is 14.0. The van der Waals surface area contributed by atoms with Gasteiger partial charge in [-0.25, -0.2) is 0 Å². The molecule has 0 aliphatic carbocycles. The Balaban J connectivity index is 1.60. The quantitative estimate of drug-likeness (QED) is 0.849. The molecule has 1 heterocycles. The van der Waals surface area contributed by atoms with Crippen LogP contribution in [0.5, 0.6) is 0 Å². The second kappa shape index (κ2) is 7.97.